The van der Waals surface area contributed by atoms with Crippen molar-refractivity contribution in [2.24, 2.45) is 4.99 Å². The van der Waals surface area contributed by atoms with Crippen LogP contribution in [-0.4, -0.2) is 43.0 Å². The van der Waals surface area contributed by atoms with Gasteiger partial charge >= 0.3 is 0 Å². The number of carbonyl (C=O) groups is 2. The molecule has 10 heteroatoms. The van der Waals surface area contributed by atoms with Crippen molar-refractivity contribution < 1.29 is 14.3 Å². The molecule has 0 atom stereocenters. The molecule has 0 aliphatic carbocycles. The first-order valence-corrected chi connectivity index (χ1v) is 11.3. The van der Waals surface area contributed by atoms with Crippen LogP contribution in [0.1, 0.15) is 5.56 Å². The van der Waals surface area contributed by atoms with Gasteiger partial charge in [0.15, 0.2) is 5.17 Å². The molecule has 6 nitrogen and oxygen atoms in total. The molecule has 2 amide bonds. The fourth-order valence-corrected chi connectivity index (χ4v) is 4.00. The van der Waals surface area contributed by atoms with Crippen LogP contribution in [0.3, 0.4) is 0 Å². The Kier molecular flexibility index (Phi) is 8.40. The molecule has 1 N–H and O–H groups in total. The first-order valence-electron chi connectivity index (χ1n) is 9.13. The van der Waals surface area contributed by atoms with E-state index in [-0.39, 0.29) is 28.3 Å². The Morgan fingerprint density at radius 1 is 1.19 bits per heavy atom. The van der Waals surface area contributed by atoms with Gasteiger partial charge in [0, 0.05) is 18.7 Å². The summed E-state index contributed by atoms with van der Waals surface area (Å²) in [5.41, 5.74) is 1.36. The average Bonchev–Trinajstić information content (AvgIpc) is 3.05. The molecule has 1 aliphatic rings. The van der Waals surface area contributed by atoms with Crippen molar-refractivity contribution in [2.45, 2.75) is 0 Å². The summed E-state index contributed by atoms with van der Waals surface area (Å²) in [6, 6.07) is 12.0. The fourth-order valence-electron chi connectivity index (χ4n) is 2.66. The summed E-state index contributed by atoms with van der Waals surface area (Å²) in [6.07, 6.45) is 1.65. The number of amides is 2. The first kappa shape index (κ1) is 23.6. The van der Waals surface area contributed by atoms with Gasteiger partial charge in [-0.1, -0.05) is 64.8 Å². The van der Waals surface area contributed by atoms with Crippen molar-refractivity contribution in [3.8, 4) is 0 Å². The monoisotopic (exact) mass is 497 g/mol. The second-order valence-electron chi connectivity index (χ2n) is 6.32. The molecule has 2 aromatic rings. The number of rotatable bonds is 7. The maximum atomic E-state index is 13.2. The Hall–Kier alpha value is -2.03. The van der Waals surface area contributed by atoms with Crippen LogP contribution in [0.5, 0.6) is 0 Å². The van der Waals surface area contributed by atoms with Crippen LogP contribution < -0.4 is 10.2 Å². The van der Waals surface area contributed by atoms with E-state index < -0.39 is 0 Å². The largest absolute Gasteiger partial charge is 0.383 e. The lowest BCUT2D eigenvalue weighted by atomic mass is 10.2. The molecular formula is C21H18Cl3N3O3S. The highest BCUT2D eigenvalue weighted by molar-refractivity contribution is 8.14. The Labute approximate surface area is 199 Å². The van der Waals surface area contributed by atoms with E-state index in [1.54, 1.807) is 55.7 Å². The molecule has 2 aromatic carbocycles. The minimum atomic E-state index is -0.374. The van der Waals surface area contributed by atoms with Gasteiger partial charge in [0.1, 0.15) is 5.70 Å². The zero-order valence-corrected chi connectivity index (χ0v) is 19.5. The number of methoxy groups -OCH3 is 1. The average molecular weight is 499 g/mol. The summed E-state index contributed by atoms with van der Waals surface area (Å²) in [5.74, 6) is -0.510. The van der Waals surface area contributed by atoms with Gasteiger partial charge in [-0.25, -0.2) is 4.99 Å². The zero-order chi connectivity index (χ0) is 22.4. The summed E-state index contributed by atoms with van der Waals surface area (Å²) in [6.45, 7) is 0.806. The molecule has 3 rings (SSSR count). The van der Waals surface area contributed by atoms with Crippen molar-refractivity contribution in [3.05, 3.63) is 68.8 Å². The van der Waals surface area contributed by atoms with Crippen molar-refractivity contribution in [1.82, 2.24) is 5.32 Å². The highest BCUT2D eigenvalue weighted by Crippen LogP contribution is 2.37. The highest BCUT2D eigenvalue weighted by Gasteiger charge is 2.34. The van der Waals surface area contributed by atoms with Gasteiger partial charge in [0.05, 0.1) is 28.1 Å². The molecule has 0 spiro atoms. The lowest BCUT2D eigenvalue weighted by Crippen LogP contribution is -2.33. The predicted molar refractivity (Wildman–Crippen MR) is 128 cm³/mol. The maximum absolute atomic E-state index is 13.2. The third kappa shape index (κ3) is 6.02. The van der Waals surface area contributed by atoms with E-state index in [0.29, 0.717) is 34.1 Å². The van der Waals surface area contributed by atoms with Gasteiger partial charge in [-0.2, -0.15) is 0 Å². The summed E-state index contributed by atoms with van der Waals surface area (Å²) >= 11 is 19.6. The Balaban J connectivity index is 1.89. The quantitative estimate of drug-likeness (QED) is 0.436. The number of carbonyl (C=O) groups excluding carboxylic acids is 2. The molecular weight excluding hydrogens is 481 g/mol. The van der Waals surface area contributed by atoms with E-state index >= 15 is 0 Å². The molecule has 0 saturated carbocycles. The molecule has 0 unspecified atom stereocenters. The normalized spacial score (nSPS) is 14.8. The predicted octanol–water partition coefficient (Wildman–Crippen LogP) is 4.89. The van der Waals surface area contributed by atoms with E-state index in [1.807, 2.05) is 0 Å². The van der Waals surface area contributed by atoms with Crippen LogP contribution in [0, 0.1) is 0 Å². The van der Waals surface area contributed by atoms with Crippen LogP contribution in [0.15, 0.2) is 53.2 Å². The van der Waals surface area contributed by atoms with E-state index in [2.05, 4.69) is 10.3 Å². The number of ether oxygens (including phenoxy) is 1. The van der Waals surface area contributed by atoms with Crippen LogP contribution in [0.2, 0.25) is 15.1 Å². The van der Waals surface area contributed by atoms with Crippen molar-refractivity contribution in [3.63, 3.8) is 0 Å². The van der Waals surface area contributed by atoms with E-state index in [4.69, 9.17) is 39.5 Å². The number of amidine groups is 1. The number of nitrogens with one attached hydrogen (secondary N) is 1. The number of anilines is 1. The number of nitrogens with zero attached hydrogens (tertiary/aromatic N) is 2. The number of hydrogen-bond acceptors (Lipinski definition) is 5. The van der Waals surface area contributed by atoms with E-state index in [1.165, 1.54) is 4.90 Å². The third-order valence-electron chi connectivity index (χ3n) is 4.14. The van der Waals surface area contributed by atoms with Crippen LogP contribution in [-0.2, 0) is 14.3 Å². The summed E-state index contributed by atoms with van der Waals surface area (Å²) in [5, 5.41) is 4.19. The highest BCUT2D eigenvalue weighted by atomic mass is 35.5. The van der Waals surface area contributed by atoms with Crippen LogP contribution in [0.25, 0.3) is 6.08 Å². The Morgan fingerprint density at radius 3 is 2.65 bits per heavy atom. The lowest BCUT2D eigenvalue weighted by molar-refractivity contribution is -0.118. The molecule has 1 aliphatic heterocycles. The van der Waals surface area contributed by atoms with E-state index in [9.17, 15) is 9.59 Å². The second kappa shape index (κ2) is 11.0. The fraction of sp³-hybridized carbons (Fsp3) is 0.190. The topological polar surface area (TPSA) is 71.0 Å². The molecule has 1 heterocycles. The maximum Gasteiger partial charge on any atom is 0.283 e. The standard InChI is InChI=1S/C21H18Cl3N3O3S/c1-30-10-9-25-18(28)12-31-21-26-16(11-13-5-7-14(22)8-6-13)20(29)27(21)17-4-2-3-15(23)19(17)24/h2-8,11H,9-10,12H2,1H3,(H,25,28)/b16-11-. The van der Waals surface area contributed by atoms with Crippen LogP contribution >= 0.6 is 46.6 Å². The molecule has 0 saturated heterocycles. The zero-order valence-electron chi connectivity index (χ0n) is 16.4. The minimum absolute atomic E-state index is 0.0682. The number of halogens is 3. The summed E-state index contributed by atoms with van der Waals surface area (Å²) in [7, 11) is 1.56. The molecule has 0 bridgehead atoms. The van der Waals surface area contributed by atoms with Crippen molar-refractivity contribution in [1.29, 1.82) is 0 Å². The Bertz CT molecular complexity index is 1040. The number of hydrogen-bond donors (Lipinski definition) is 1. The lowest BCUT2D eigenvalue weighted by Gasteiger charge is -2.19. The number of aliphatic imine (C=N–C) groups is 1. The third-order valence-corrected chi connectivity index (χ3v) is 6.14. The van der Waals surface area contributed by atoms with Crippen LogP contribution in [0.4, 0.5) is 5.69 Å². The van der Waals surface area contributed by atoms with Gasteiger partial charge in [-0.3, -0.25) is 14.5 Å². The van der Waals surface area contributed by atoms with Crippen molar-refractivity contribution in [2.75, 3.05) is 30.9 Å². The van der Waals surface area contributed by atoms with Gasteiger partial charge in [-0.05, 0) is 35.9 Å². The molecule has 31 heavy (non-hydrogen) atoms. The molecule has 0 aromatic heterocycles. The summed E-state index contributed by atoms with van der Waals surface area (Å²) in [4.78, 5) is 31.1. The molecule has 0 fully saturated rings. The second-order valence-corrected chi connectivity index (χ2v) is 8.48. The Morgan fingerprint density at radius 2 is 1.94 bits per heavy atom. The molecule has 162 valence electrons. The minimum Gasteiger partial charge on any atom is -0.383 e. The van der Waals surface area contributed by atoms with Crippen molar-refractivity contribution >= 4 is 75.3 Å². The van der Waals surface area contributed by atoms with Gasteiger partial charge in [0.2, 0.25) is 5.91 Å². The smallest absolute Gasteiger partial charge is 0.283 e. The van der Waals surface area contributed by atoms with Gasteiger partial charge < -0.3 is 10.1 Å². The molecule has 0 radical (unpaired) electrons. The summed E-state index contributed by atoms with van der Waals surface area (Å²) < 4.78 is 4.92. The number of thioether (sulfide) groups is 1. The van der Waals surface area contributed by atoms with Gasteiger partial charge in [0.25, 0.3) is 5.91 Å². The van der Waals surface area contributed by atoms with E-state index in [0.717, 1.165) is 17.3 Å². The van der Waals surface area contributed by atoms with Gasteiger partial charge in [-0.15, -0.1) is 0 Å². The first-order chi connectivity index (χ1) is 14.9. The number of benzene rings is 2. The SMILES string of the molecule is COCCNC(=O)CSC1=N/C(=C\c2ccc(Cl)cc2)C(=O)N1c1cccc(Cl)c1Cl.